The Labute approximate surface area is 180 Å². The molecule has 0 radical (unpaired) electrons. The van der Waals surface area contributed by atoms with E-state index in [4.69, 9.17) is 14.2 Å². The van der Waals surface area contributed by atoms with Crippen molar-refractivity contribution in [3.63, 3.8) is 0 Å². The molecule has 0 N–H and O–H groups in total. The third-order valence-corrected chi connectivity index (χ3v) is 5.39. The van der Waals surface area contributed by atoms with Gasteiger partial charge in [0.1, 0.15) is 11.5 Å². The number of esters is 1. The fourth-order valence-electron chi connectivity index (χ4n) is 3.52. The lowest BCUT2D eigenvalue weighted by atomic mass is 9.88. The van der Waals surface area contributed by atoms with Crippen molar-refractivity contribution < 1.29 is 32.2 Å². The van der Waals surface area contributed by atoms with Crippen molar-refractivity contribution in [3.8, 4) is 11.5 Å². The van der Waals surface area contributed by atoms with Crippen LogP contribution >= 0.6 is 0 Å². The number of unbranched alkanes of at least 4 members (excludes halogenated alkanes) is 1. The summed E-state index contributed by atoms with van der Waals surface area (Å²) in [5, 5.41) is 0. The van der Waals surface area contributed by atoms with E-state index in [-0.39, 0.29) is 5.56 Å². The van der Waals surface area contributed by atoms with Gasteiger partial charge in [0, 0.05) is 18.7 Å². The molecule has 1 saturated carbocycles. The van der Waals surface area contributed by atoms with Gasteiger partial charge in [-0.05, 0) is 62.3 Å². The number of ether oxygens (including phenoxy) is 3. The highest BCUT2D eigenvalue weighted by molar-refractivity contribution is 5.91. The van der Waals surface area contributed by atoms with Crippen LogP contribution in [-0.2, 0) is 4.74 Å². The monoisotopic (exact) mass is 436 g/mol. The van der Waals surface area contributed by atoms with Crippen LogP contribution in [0.3, 0.4) is 0 Å². The van der Waals surface area contributed by atoms with Crippen LogP contribution in [0.4, 0.5) is 13.2 Å². The smallest absolute Gasteiger partial charge is 0.343 e. The largest absolute Gasteiger partial charge is 0.493 e. The highest BCUT2D eigenvalue weighted by Gasteiger charge is 2.22. The van der Waals surface area contributed by atoms with Gasteiger partial charge in [-0.3, -0.25) is 0 Å². The van der Waals surface area contributed by atoms with E-state index in [1.54, 1.807) is 12.1 Å². The lowest BCUT2D eigenvalue weighted by molar-refractivity contribution is 0.0116. The van der Waals surface area contributed by atoms with Crippen LogP contribution in [0.5, 0.6) is 11.5 Å². The van der Waals surface area contributed by atoms with Gasteiger partial charge in [-0.15, -0.1) is 0 Å². The summed E-state index contributed by atoms with van der Waals surface area (Å²) in [6.45, 7) is 3.59. The molecule has 0 unspecified atom stereocenters. The van der Waals surface area contributed by atoms with Gasteiger partial charge < -0.3 is 14.2 Å². The van der Waals surface area contributed by atoms with Gasteiger partial charge in [0.25, 0.3) is 0 Å². The molecule has 0 spiro atoms. The SMILES string of the molecule is CCCCO[C@H]1CC[C@H](COc2ccc(C(=O)Oc3cc(F)c(F)c(F)c3)cc2)CC1. The summed E-state index contributed by atoms with van der Waals surface area (Å²) < 4.78 is 56.1. The van der Waals surface area contributed by atoms with Crippen LogP contribution in [0.15, 0.2) is 36.4 Å². The van der Waals surface area contributed by atoms with E-state index in [1.807, 2.05) is 0 Å². The number of halogens is 3. The molecule has 168 valence electrons. The summed E-state index contributed by atoms with van der Waals surface area (Å²) in [7, 11) is 0. The van der Waals surface area contributed by atoms with Crippen LogP contribution in [0.25, 0.3) is 0 Å². The minimum Gasteiger partial charge on any atom is -0.493 e. The molecular weight excluding hydrogens is 409 g/mol. The van der Waals surface area contributed by atoms with Gasteiger partial charge in [0.15, 0.2) is 17.5 Å². The molecule has 0 saturated heterocycles. The molecule has 0 aromatic heterocycles. The Hall–Kier alpha value is -2.54. The highest BCUT2D eigenvalue weighted by atomic mass is 19.2. The van der Waals surface area contributed by atoms with E-state index in [2.05, 4.69) is 6.92 Å². The number of carbonyl (C=O) groups is 1. The topological polar surface area (TPSA) is 44.8 Å². The second kappa shape index (κ2) is 11.2. The maximum atomic E-state index is 13.2. The molecule has 2 aromatic rings. The zero-order valence-electron chi connectivity index (χ0n) is 17.5. The predicted octanol–water partition coefficient (Wildman–Crippen LogP) is 6.08. The summed E-state index contributed by atoms with van der Waals surface area (Å²) in [5.41, 5.74) is 0.183. The van der Waals surface area contributed by atoms with Gasteiger partial charge in [0.05, 0.1) is 18.3 Å². The molecule has 7 heteroatoms. The lowest BCUT2D eigenvalue weighted by Gasteiger charge is -2.28. The Bertz CT molecular complexity index is 839. The first-order chi connectivity index (χ1) is 15.0. The average molecular weight is 436 g/mol. The molecule has 1 aliphatic rings. The Kier molecular flexibility index (Phi) is 8.35. The average Bonchev–Trinajstić information content (AvgIpc) is 2.77. The van der Waals surface area contributed by atoms with Gasteiger partial charge in [-0.2, -0.15) is 0 Å². The molecule has 0 atom stereocenters. The fourth-order valence-corrected chi connectivity index (χ4v) is 3.52. The van der Waals surface area contributed by atoms with Crippen LogP contribution in [0.1, 0.15) is 55.8 Å². The summed E-state index contributed by atoms with van der Waals surface area (Å²) in [4.78, 5) is 12.1. The third kappa shape index (κ3) is 6.72. The normalized spacial score (nSPS) is 18.6. The molecule has 0 aliphatic heterocycles. The second-order valence-corrected chi connectivity index (χ2v) is 7.79. The predicted molar refractivity (Wildman–Crippen MR) is 110 cm³/mol. The Morgan fingerprint density at radius 1 is 0.968 bits per heavy atom. The number of hydrogen-bond donors (Lipinski definition) is 0. The first-order valence-corrected chi connectivity index (χ1v) is 10.7. The molecule has 0 amide bonds. The molecular formula is C24H27F3O4. The Balaban J connectivity index is 1.44. The van der Waals surface area contributed by atoms with Crippen molar-refractivity contribution >= 4 is 5.97 Å². The van der Waals surface area contributed by atoms with E-state index in [9.17, 15) is 18.0 Å². The fraction of sp³-hybridized carbons (Fsp3) is 0.458. The molecule has 2 aromatic carbocycles. The highest BCUT2D eigenvalue weighted by Crippen LogP contribution is 2.27. The third-order valence-electron chi connectivity index (χ3n) is 5.39. The Morgan fingerprint density at radius 2 is 1.61 bits per heavy atom. The van der Waals surface area contributed by atoms with Gasteiger partial charge >= 0.3 is 5.97 Å². The van der Waals surface area contributed by atoms with E-state index in [0.717, 1.165) is 45.1 Å². The molecule has 3 rings (SSSR count). The van der Waals surface area contributed by atoms with Gasteiger partial charge in [-0.25, -0.2) is 18.0 Å². The van der Waals surface area contributed by atoms with Crippen molar-refractivity contribution in [2.45, 2.75) is 51.6 Å². The van der Waals surface area contributed by atoms with Crippen molar-refractivity contribution in [3.05, 3.63) is 59.4 Å². The zero-order chi connectivity index (χ0) is 22.2. The maximum Gasteiger partial charge on any atom is 0.343 e. The number of carbonyl (C=O) groups excluding carboxylic acids is 1. The van der Waals surface area contributed by atoms with E-state index < -0.39 is 29.2 Å². The number of benzene rings is 2. The summed E-state index contributed by atoms with van der Waals surface area (Å²) in [5.74, 6) is -4.58. The van der Waals surface area contributed by atoms with Crippen LogP contribution in [0, 0.1) is 23.4 Å². The van der Waals surface area contributed by atoms with Crippen LogP contribution in [0.2, 0.25) is 0 Å². The molecule has 4 nitrogen and oxygen atoms in total. The van der Waals surface area contributed by atoms with Crippen molar-refractivity contribution in [2.24, 2.45) is 5.92 Å². The second-order valence-electron chi connectivity index (χ2n) is 7.79. The molecule has 0 bridgehead atoms. The zero-order valence-corrected chi connectivity index (χ0v) is 17.5. The van der Waals surface area contributed by atoms with Crippen LogP contribution < -0.4 is 9.47 Å². The van der Waals surface area contributed by atoms with Gasteiger partial charge in [-0.1, -0.05) is 13.3 Å². The summed E-state index contributed by atoms with van der Waals surface area (Å²) in [6, 6.07) is 7.54. The first kappa shape index (κ1) is 23.1. The van der Waals surface area contributed by atoms with Crippen LogP contribution in [-0.4, -0.2) is 25.3 Å². The van der Waals surface area contributed by atoms with E-state index >= 15 is 0 Å². The van der Waals surface area contributed by atoms with Crippen molar-refractivity contribution in [1.29, 1.82) is 0 Å². The van der Waals surface area contributed by atoms with Gasteiger partial charge in [0.2, 0.25) is 0 Å². The maximum absolute atomic E-state index is 13.2. The minimum absolute atomic E-state index is 0.183. The minimum atomic E-state index is -1.61. The lowest BCUT2D eigenvalue weighted by Crippen LogP contribution is -2.25. The molecule has 1 fully saturated rings. The summed E-state index contributed by atoms with van der Waals surface area (Å²) in [6.07, 6.45) is 6.82. The standard InChI is InChI=1S/C24H27F3O4/c1-2-3-12-29-18-8-4-16(5-9-18)15-30-19-10-6-17(7-11-19)24(28)31-20-13-21(25)23(27)22(26)14-20/h6-7,10-11,13-14,16,18H,2-5,8-9,12,15H2,1H3/t16-,18-. The van der Waals surface area contributed by atoms with E-state index in [1.165, 1.54) is 12.1 Å². The van der Waals surface area contributed by atoms with Crippen molar-refractivity contribution in [2.75, 3.05) is 13.2 Å². The first-order valence-electron chi connectivity index (χ1n) is 10.7. The molecule has 1 aliphatic carbocycles. The molecule has 31 heavy (non-hydrogen) atoms. The summed E-state index contributed by atoms with van der Waals surface area (Å²) >= 11 is 0. The number of rotatable bonds is 9. The number of hydrogen-bond acceptors (Lipinski definition) is 4. The van der Waals surface area contributed by atoms with Crippen molar-refractivity contribution in [1.82, 2.24) is 0 Å². The quantitative estimate of drug-likeness (QED) is 0.207. The molecule has 0 heterocycles. The Morgan fingerprint density at radius 3 is 2.23 bits per heavy atom. The van der Waals surface area contributed by atoms with E-state index in [0.29, 0.717) is 36.5 Å².